The zero-order chi connectivity index (χ0) is 16.3. The van der Waals surface area contributed by atoms with Crippen molar-refractivity contribution in [2.45, 2.75) is 27.2 Å². The molecule has 0 radical (unpaired) electrons. The molecule has 0 atom stereocenters. The van der Waals surface area contributed by atoms with Gasteiger partial charge in [-0.05, 0) is 42.3 Å². The summed E-state index contributed by atoms with van der Waals surface area (Å²) in [5.41, 5.74) is 2.28. The number of amides is 1. The fraction of sp³-hybridized carbons (Fsp3) is 0.294. The Bertz CT molecular complexity index is 704. The molecule has 4 nitrogen and oxygen atoms in total. The van der Waals surface area contributed by atoms with Crippen LogP contribution in [0, 0.1) is 12.8 Å². The number of carboxylic acids is 1. The number of aryl methyl sites for hydroxylation is 1. The molecule has 22 heavy (non-hydrogen) atoms. The second-order valence-electron chi connectivity index (χ2n) is 5.67. The molecule has 1 heterocycles. The van der Waals surface area contributed by atoms with Crippen LogP contribution in [-0.4, -0.2) is 11.9 Å². The van der Waals surface area contributed by atoms with Crippen LogP contribution in [0.4, 0.5) is 5.00 Å². The largest absolute Gasteiger partial charge is 0.545 e. The van der Waals surface area contributed by atoms with Gasteiger partial charge in [-0.3, -0.25) is 4.79 Å². The van der Waals surface area contributed by atoms with Gasteiger partial charge >= 0.3 is 0 Å². The average molecular weight is 316 g/mol. The number of nitrogens with one attached hydrogen (secondary N) is 1. The van der Waals surface area contributed by atoms with Crippen LogP contribution in [0.15, 0.2) is 29.6 Å². The van der Waals surface area contributed by atoms with E-state index in [4.69, 9.17) is 0 Å². The van der Waals surface area contributed by atoms with Crippen molar-refractivity contribution in [2.24, 2.45) is 5.92 Å². The minimum atomic E-state index is -1.25. The maximum atomic E-state index is 12.3. The van der Waals surface area contributed by atoms with Gasteiger partial charge in [-0.1, -0.05) is 31.5 Å². The number of carboxylic acid groups (broad SMARTS) is 1. The molecule has 1 aromatic carbocycles. The average Bonchev–Trinajstić information content (AvgIpc) is 2.80. The van der Waals surface area contributed by atoms with Crippen molar-refractivity contribution < 1.29 is 14.7 Å². The first-order valence-corrected chi connectivity index (χ1v) is 7.96. The first kappa shape index (κ1) is 16.2. The van der Waals surface area contributed by atoms with E-state index < -0.39 is 5.97 Å². The molecule has 0 aliphatic heterocycles. The van der Waals surface area contributed by atoms with Crippen molar-refractivity contribution in [3.8, 4) is 0 Å². The van der Waals surface area contributed by atoms with E-state index in [-0.39, 0.29) is 11.5 Å². The predicted molar refractivity (Wildman–Crippen MR) is 86.3 cm³/mol. The third kappa shape index (κ3) is 3.74. The molecule has 0 aliphatic carbocycles. The molecule has 0 saturated heterocycles. The molecule has 0 aliphatic rings. The van der Waals surface area contributed by atoms with Crippen LogP contribution in [0.5, 0.6) is 0 Å². The maximum Gasteiger partial charge on any atom is 0.256 e. The Labute approximate surface area is 133 Å². The Morgan fingerprint density at radius 2 is 2.05 bits per heavy atom. The van der Waals surface area contributed by atoms with Gasteiger partial charge in [0.1, 0.15) is 5.00 Å². The van der Waals surface area contributed by atoms with E-state index in [1.165, 1.54) is 11.3 Å². The number of aromatic carboxylic acids is 1. The van der Waals surface area contributed by atoms with Crippen LogP contribution in [0.2, 0.25) is 0 Å². The number of rotatable bonds is 5. The second kappa shape index (κ2) is 6.75. The highest BCUT2D eigenvalue weighted by molar-refractivity contribution is 7.15. The normalized spacial score (nSPS) is 10.7. The highest BCUT2D eigenvalue weighted by Gasteiger charge is 2.16. The molecule has 2 rings (SSSR count). The fourth-order valence-corrected chi connectivity index (χ4v) is 3.22. The van der Waals surface area contributed by atoms with E-state index in [0.29, 0.717) is 28.5 Å². The Kier molecular flexibility index (Phi) is 4.98. The highest BCUT2D eigenvalue weighted by Crippen LogP contribution is 2.30. The zero-order valence-corrected chi connectivity index (χ0v) is 13.6. The molecule has 0 bridgehead atoms. The van der Waals surface area contributed by atoms with Crippen molar-refractivity contribution >= 4 is 28.2 Å². The predicted octanol–water partition coefficient (Wildman–Crippen LogP) is 2.87. The summed E-state index contributed by atoms with van der Waals surface area (Å²) >= 11 is 1.22. The molecule has 1 amide bonds. The molecular formula is C17H18NO3S-. The highest BCUT2D eigenvalue weighted by atomic mass is 32.1. The number of hydrogen-bond donors (Lipinski definition) is 1. The Morgan fingerprint density at radius 3 is 2.64 bits per heavy atom. The number of benzene rings is 1. The second-order valence-corrected chi connectivity index (χ2v) is 6.55. The summed E-state index contributed by atoms with van der Waals surface area (Å²) in [7, 11) is 0. The van der Waals surface area contributed by atoms with Crippen molar-refractivity contribution in [3.63, 3.8) is 0 Å². The molecule has 2 aromatic rings. The van der Waals surface area contributed by atoms with Gasteiger partial charge in [-0.2, -0.15) is 0 Å². The summed E-state index contributed by atoms with van der Waals surface area (Å²) in [6.45, 7) is 5.93. The summed E-state index contributed by atoms with van der Waals surface area (Å²) < 4.78 is 0. The van der Waals surface area contributed by atoms with Crippen LogP contribution in [-0.2, 0) is 6.42 Å². The fourth-order valence-electron chi connectivity index (χ4n) is 2.26. The van der Waals surface area contributed by atoms with E-state index >= 15 is 0 Å². The van der Waals surface area contributed by atoms with Gasteiger partial charge in [0.05, 0.1) is 5.97 Å². The van der Waals surface area contributed by atoms with Crippen LogP contribution >= 0.6 is 11.3 Å². The lowest BCUT2D eigenvalue weighted by Crippen LogP contribution is -2.25. The van der Waals surface area contributed by atoms with Crippen molar-refractivity contribution in [3.05, 3.63) is 51.9 Å². The number of hydrogen-bond acceptors (Lipinski definition) is 4. The number of carbonyl (C=O) groups excluding carboxylic acids is 2. The monoisotopic (exact) mass is 316 g/mol. The van der Waals surface area contributed by atoms with E-state index in [1.54, 1.807) is 23.6 Å². The summed E-state index contributed by atoms with van der Waals surface area (Å²) in [6.07, 6.45) is 0.639. The number of carbonyl (C=O) groups is 2. The molecular weight excluding hydrogens is 298 g/mol. The topological polar surface area (TPSA) is 69.2 Å². The van der Waals surface area contributed by atoms with Crippen LogP contribution < -0.4 is 10.4 Å². The first-order chi connectivity index (χ1) is 10.4. The lowest BCUT2D eigenvalue weighted by atomic mass is 10.0. The quantitative estimate of drug-likeness (QED) is 0.922. The van der Waals surface area contributed by atoms with Gasteiger partial charge < -0.3 is 15.2 Å². The third-order valence-corrected chi connectivity index (χ3v) is 4.15. The molecule has 1 aromatic heterocycles. The minimum Gasteiger partial charge on any atom is -0.545 e. The number of anilines is 1. The van der Waals surface area contributed by atoms with E-state index in [9.17, 15) is 14.7 Å². The van der Waals surface area contributed by atoms with Crippen LogP contribution in [0.25, 0.3) is 0 Å². The summed E-state index contributed by atoms with van der Waals surface area (Å²) in [4.78, 5) is 23.7. The van der Waals surface area contributed by atoms with Gasteiger partial charge in [0, 0.05) is 11.1 Å². The molecule has 0 unspecified atom stereocenters. The van der Waals surface area contributed by atoms with E-state index in [1.807, 2.05) is 26.8 Å². The first-order valence-electron chi connectivity index (χ1n) is 7.08. The van der Waals surface area contributed by atoms with Crippen LogP contribution in [0.3, 0.4) is 0 Å². The third-order valence-electron chi connectivity index (χ3n) is 3.21. The summed E-state index contributed by atoms with van der Waals surface area (Å²) in [5, 5.41) is 16.2. The molecule has 0 fully saturated rings. The van der Waals surface area contributed by atoms with Crippen molar-refractivity contribution in [2.75, 3.05) is 5.32 Å². The van der Waals surface area contributed by atoms with E-state index in [2.05, 4.69) is 5.32 Å². The lowest BCUT2D eigenvalue weighted by molar-refractivity contribution is -0.254. The lowest BCUT2D eigenvalue weighted by Gasteiger charge is -2.11. The summed E-state index contributed by atoms with van der Waals surface area (Å²) in [5.74, 6) is -1.24. The van der Waals surface area contributed by atoms with Crippen LogP contribution in [0.1, 0.15) is 45.7 Å². The van der Waals surface area contributed by atoms with Gasteiger partial charge in [0.2, 0.25) is 0 Å². The van der Waals surface area contributed by atoms with Gasteiger partial charge in [-0.15, -0.1) is 11.3 Å². The zero-order valence-electron chi connectivity index (χ0n) is 12.8. The Hall–Kier alpha value is -2.14. The SMILES string of the molecule is Cc1cccc(C(=O)Nc2scc(CC(C)C)c2C(=O)[O-])c1. The smallest absolute Gasteiger partial charge is 0.256 e. The number of thiophene rings is 1. The molecule has 116 valence electrons. The summed E-state index contributed by atoms with van der Waals surface area (Å²) in [6, 6.07) is 7.15. The minimum absolute atomic E-state index is 0.0969. The molecule has 0 saturated carbocycles. The Balaban J connectivity index is 2.27. The van der Waals surface area contributed by atoms with E-state index in [0.717, 1.165) is 5.56 Å². The molecule has 1 N–H and O–H groups in total. The van der Waals surface area contributed by atoms with Crippen molar-refractivity contribution in [1.82, 2.24) is 0 Å². The van der Waals surface area contributed by atoms with Gasteiger partial charge in [0.15, 0.2) is 0 Å². The Morgan fingerprint density at radius 1 is 1.32 bits per heavy atom. The molecule has 5 heteroatoms. The van der Waals surface area contributed by atoms with Gasteiger partial charge in [0.25, 0.3) is 5.91 Å². The van der Waals surface area contributed by atoms with Gasteiger partial charge in [-0.25, -0.2) is 0 Å². The maximum absolute atomic E-state index is 12.3. The standard InChI is InChI=1S/C17H19NO3S/c1-10(2)7-13-9-22-16(14(13)17(20)21)18-15(19)12-6-4-5-11(3)8-12/h4-6,8-10H,7H2,1-3H3,(H,18,19)(H,20,21)/p-1. The molecule has 0 spiro atoms. The van der Waals surface area contributed by atoms with Crippen molar-refractivity contribution in [1.29, 1.82) is 0 Å².